The lowest BCUT2D eigenvalue weighted by Crippen LogP contribution is -2.56. The monoisotopic (exact) mass is 219 g/mol. The van der Waals surface area contributed by atoms with Crippen molar-refractivity contribution in [1.29, 1.82) is 0 Å². The average molecular weight is 219 g/mol. The number of piperazine rings is 1. The molecule has 16 heavy (non-hydrogen) atoms. The minimum atomic E-state index is -0.297. The van der Waals surface area contributed by atoms with Gasteiger partial charge < -0.3 is 0 Å². The second-order valence-corrected chi connectivity index (χ2v) is 3.78. The standard InChI is InChI=1S/C11H13N3O2/c1-8-11(16)14(10(15)6-13-8)7-9-3-2-4-12-5-9/h2-5,8,13H,6-7H2,1H3. The van der Waals surface area contributed by atoms with Crippen LogP contribution in [0.5, 0.6) is 0 Å². The number of amides is 2. The van der Waals surface area contributed by atoms with Gasteiger partial charge in [-0.15, -0.1) is 0 Å². The molecule has 84 valence electrons. The van der Waals surface area contributed by atoms with Gasteiger partial charge in [0.05, 0.1) is 19.1 Å². The Balaban J connectivity index is 2.13. The Morgan fingerprint density at radius 2 is 2.38 bits per heavy atom. The van der Waals surface area contributed by atoms with Gasteiger partial charge in [-0.1, -0.05) is 6.07 Å². The highest BCUT2D eigenvalue weighted by Crippen LogP contribution is 2.08. The third-order valence-corrected chi connectivity index (χ3v) is 2.56. The van der Waals surface area contributed by atoms with Gasteiger partial charge in [0.2, 0.25) is 11.8 Å². The van der Waals surface area contributed by atoms with Gasteiger partial charge in [-0.05, 0) is 18.6 Å². The zero-order valence-corrected chi connectivity index (χ0v) is 9.01. The van der Waals surface area contributed by atoms with Crippen molar-refractivity contribution in [2.24, 2.45) is 0 Å². The molecule has 1 saturated heterocycles. The number of carbonyl (C=O) groups is 2. The first-order chi connectivity index (χ1) is 7.68. The predicted molar refractivity (Wildman–Crippen MR) is 57.3 cm³/mol. The molecular formula is C11H13N3O2. The number of hydrogen-bond donors (Lipinski definition) is 1. The van der Waals surface area contributed by atoms with Gasteiger partial charge in [0.1, 0.15) is 0 Å². The number of hydrogen-bond acceptors (Lipinski definition) is 4. The summed E-state index contributed by atoms with van der Waals surface area (Å²) in [7, 11) is 0. The number of nitrogens with zero attached hydrogens (tertiary/aromatic N) is 2. The lowest BCUT2D eigenvalue weighted by atomic mass is 10.2. The van der Waals surface area contributed by atoms with E-state index in [4.69, 9.17) is 0 Å². The number of aromatic nitrogens is 1. The van der Waals surface area contributed by atoms with E-state index in [1.807, 2.05) is 6.07 Å². The average Bonchev–Trinajstić information content (AvgIpc) is 2.31. The maximum Gasteiger partial charge on any atom is 0.246 e. The first kappa shape index (κ1) is 10.8. The van der Waals surface area contributed by atoms with Crippen molar-refractivity contribution in [3.8, 4) is 0 Å². The van der Waals surface area contributed by atoms with Crippen LogP contribution in [-0.2, 0) is 16.1 Å². The van der Waals surface area contributed by atoms with Gasteiger partial charge in [0.15, 0.2) is 0 Å². The summed E-state index contributed by atoms with van der Waals surface area (Å²) < 4.78 is 0. The van der Waals surface area contributed by atoms with E-state index in [1.165, 1.54) is 4.90 Å². The molecule has 1 aromatic heterocycles. The van der Waals surface area contributed by atoms with E-state index in [9.17, 15) is 9.59 Å². The largest absolute Gasteiger partial charge is 0.298 e. The number of imide groups is 1. The minimum Gasteiger partial charge on any atom is -0.298 e. The molecule has 0 aliphatic carbocycles. The smallest absolute Gasteiger partial charge is 0.246 e. The summed E-state index contributed by atoms with van der Waals surface area (Å²) in [5.74, 6) is -0.368. The van der Waals surface area contributed by atoms with Crippen molar-refractivity contribution in [1.82, 2.24) is 15.2 Å². The Bertz CT molecular complexity index is 405. The van der Waals surface area contributed by atoms with Crippen LogP contribution in [0.2, 0.25) is 0 Å². The van der Waals surface area contributed by atoms with Crippen molar-refractivity contribution < 1.29 is 9.59 Å². The topological polar surface area (TPSA) is 62.3 Å². The molecule has 1 aliphatic rings. The third kappa shape index (κ3) is 2.09. The highest BCUT2D eigenvalue weighted by Gasteiger charge is 2.30. The minimum absolute atomic E-state index is 0.180. The maximum atomic E-state index is 11.8. The van der Waals surface area contributed by atoms with Crippen molar-refractivity contribution in [2.45, 2.75) is 19.5 Å². The first-order valence-corrected chi connectivity index (χ1v) is 5.15. The Morgan fingerprint density at radius 1 is 1.56 bits per heavy atom. The van der Waals surface area contributed by atoms with E-state index in [-0.39, 0.29) is 24.4 Å². The molecule has 1 unspecified atom stereocenters. The molecule has 1 aliphatic heterocycles. The van der Waals surface area contributed by atoms with Crippen LogP contribution in [-0.4, -0.2) is 34.3 Å². The highest BCUT2D eigenvalue weighted by atomic mass is 16.2. The Morgan fingerprint density at radius 3 is 3.06 bits per heavy atom. The molecule has 1 atom stereocenters. The summed E-state index contributed by atoms with van der Waals surface area (Å²) in [4.78, 5) is 28.6. The summed E-state index contributed by atoms with van der Waals surface area (Å²) >= 11 is 0. The summed E-state index contributed by atoms with van der Waals surface area (Å²) in [5, 5.41) is 2.84. The molecule has 0 saturated carbocycles. The summed E-state index contributed by atoms with van der Waals surface area (Å²) in [6.07, 6.45) is 3.32. The normalized spacial score (nSPS) is 21.3. The number of nitrogens with one attached hydrogen (secondary N) is 1. The lowest BCUT2D eigenvalue weighted by molar-refractivity contribution is -0.149. The molecule has 2 rings (SSSR count). The lowest BCUT2D eigenvalue weighted by Gasteiger charge is -2.29. The molecule has 0 radical (unpaired) electrons. The molecule has 0 bridgehead atoms. The molecular weight excluding hydrogens is 206 g/mol. The van der Waals surface area contributed by atoms with Crippen molar-refractivity contribution in [3.63, 3.8) is 0 Å². The molecule has 2 amide bonds. The number of rotatable bonds is 2. The van der Waals surface area contributed by atoms with Crippen LogP contribution in [0.4, 0.5) is 0 Å². The van der Waals surface area contributed by atoms with Crippen molar-refractivity contribution in [3.05, 3.63) is 30.1 Å². The molecule has 2 heterocycles. The van der Waals surface area contributed by atoms with E-state index < -0.39 is 0 Å². The van der Waals surface area contributed by atoms with Crippen LogP contribution in [0, 0.1) is 0 Å². The van der Waals surface area contributed by atoms with Crippen LogP contribution in [0.1, 0.15) is 12.5 Å². The van der Waals surface area contributed by atoms with E-state index in [1.54, 1.807) is 25.4 Å². The van der Waals surface area contributed by atoms with Gasteiger partial charge in [-0.3, -0.25) is 24.8 Å². The Kier molecular flexibility index (Phi) is 2.96. The van der Waals surface area contributed by atoms with E-state index in [0.29, 0.717) is 6.54 Å². The summed E-state index contributed by atoms with van der Waals surface area (Å²) in [5.41, 5.74) is 0.860. The fraction of sp³-hybridized carbons (Fsp3) is 0.364. The van der Waals surface area contributed by atoms with Gasteiger partial charge >= 0.3 is 0 Å². The molecule has 0 aromatic carbocycles. The van der Waals surface area contributed by atoms with Crippen LogP contribution >= 0.6 is 0 Å². The molecule has 5 heteroatoms. The molecule has 1 N–H and O–H groups in total. The number of pyridine rings is 1. The second kappa shape index (κ2) is 4.40. The van der Waals surface area contributed by atoms with E-state index >= 15 is 0 Å². The maximum absolute atomic E-state index is 11.8. The molecule has 0 spiro atoms. The summed E-state index contributed by atoms with van der Waals surface area (Å²) in [6, 6.07) is 3.34. The zero-order chi connectivity index (χ0) is 11.5. The first-order valence-electron chi connectivity index (χ1n) is 5.15. The third-order valence-electron chi connectivity index (χ3n) is 2.56. The SMILES string of the molecule is CC1NCC(=O)N(Cc2cccnc2)C1=O. The fourth-order valence-corrected chi connectivity index (χ4v) is 1.62. The van der Waals surface area contributed by atoms with Crippen LogP contribution in [0.15, 0.2) is 24.5 Å². The van der Waals surface area contributed by atoms with Crippen molar-refractivity contribution >= 4 is 11.8 Å². The zero-order valence-electron chi connectivity index (χ0n) is 9.01. The molecule has 1 aromatic rings. The van der Waals surface area contributed by atoms with Crippen molar-refractivity contribution in [2.75, 3.05) is 6.54 Å². The van der Waals surface area contributed by atoms with Crippen LogP contribution < -0.4 is 5.32 Å². The highest BCUT2D eigenvalue weighted by molar-refractivity contribution is 6.00. The Hall–Kier alpha value is -1.75. The van der Waals surface area contributed by atoms with E-state index in [0.717, 1.165) is 5.56 Å². The van der Waals surface area contributed by atoms with E-state index in [2.05, 4.69) is 10.3 Å². The fourth-order valence-electron chi connectivity index (χ4n) is 1.62. The summed E-state index contributed by atoms with van der Waals surface area (Å²) in [6.45, 7) is 2.27. The quantitative estimate of drug-likeness (QED) is 0.707. The Labute approximate surface area is 93.5 Å². The predicted octanol–water partition coefficient (Wildman–Crippen LogP) is -0.0715. The second-order valence-electron chi connectivity index (χ2n) is 3.78. The number of carbonyl (C=O) groups excluding carboxylic acids is 2. The van der Waals surface area contributed by atoms with Gasteiger partial charge in [0.25, 0.3) is 0 Å². The van der Waals surface area contributed by atoms with Crippen LogP contribution in [0.3, 0.4) is 0 Å². The van der Waals surface area contributed by atoms with Crippen LogP contribution in [0.25, 0.3) is 0 Å². The van der Waals surface area contributed by atoms with Gasteiger partial charge in [-0.2, -0.15) is 0 Å². The molecule has 1 fully saturated rings. The molecule has 5 nitrogen and oxygen atoms in total. The van der Waals surface area contributed by atoms with Gasteiger partial charge in [0, 0.05) is 12.4 Å². The van der Waals surface area contributed by atoms with Gasteiger partial charge in [-0.25, -0.2) is 0 Å².